The van der Waals surface area contributed by atoms with Crippen LogP contribution in [0.1, 0.15) is 23.8 Å². The largest absolute Gasteiger partial charge is 0.395 e. The van der Waals surface area contributed by atoms with E-state index < -0.39 is 5.91 Å². The molecule has 1 aromatic rings. The van der Waals surface area contributed by atoms with Crippen LogP contribution in [-0.2, 0) is 0 Å². The van der Waals surface area contributed by atoms with Crippen LogP contribution in [0.15, 0.2) is 12.1 Å². The molecular formula is C10H16N4O2. The van der Waals surface area contributed by atoms with Crippen molar-refractivity contribution in [3.05, 3.63) is 17.8 Å². The van der Waals surface area contributed by atoms with Gasteiger partial charge in [-0.2, -0.15) is 0 Å². The zero-order valence-electron chi connectivity index (χ0n) is 9.26. The molecule has 0 radical (unpaired) electrons. The second kappa shape index (κ2) is 6.02. The first-order valence-corrected chi connectivity index (χ1v) is 5.18. The van der Waals surface area contributed by atoms with E-state index in [1.807, 2.05) is 11.8 Å². The molecule has 0 aliphatic heterocycles. The summed E-state index contributed by atoms with van der Waals surface area (Å²) in [6, 6.07) is 3.21. The van der Waals surface area contributed by atoms with Crippen molar-refractivity contribution in [2.45, 2.75) is 13.3 Å². The molecule has 0 aliphatic carbocycles. The summed E-state index contributed by atoms with van der Waals surface area (Å²) >= 11 is 0. The smallest absolute Gasteiger partial charge is 0.269 e. The molecule has 6 nitrogen and oxygen atoms in total. The minimum absolute atomic E-state index is 0.0548. The van der Waals surface area contributed by atoms with Crippen LogP contribution in [0.2, 0.25) is 0 Å². The average Bonchev–Trinajstić information content (AvgIpc) is 2.29. The molecule has 0 saturated heterocycles. The molecule has 0 unspecified atom stereocenters. The van der Waals surface area contributed by atoms with Gasteiger partial charge in [0.15, 0.2) is 11.5 Å². The highest BCUT2D eigenvalue weighted by Gasteiger charge is 2.08. The van der Waals surface area contributed by atoms with Gasteiger partial charge in [-0.05, 0) is 18.6 Å². The van der Waals surface area contributed by atoms with Gasteiger partial charge in [-0.1, -0.05) is 6.92 Å². The Morgan fingerprint density at radius 3 is 2.62 bits per heavy atom. The predicted octanol–water partition coefficient (Wildman–Crippen LogP) is -0.216. The molecule has 1 rings (SSSR count). The maximum atomic E-state index is 10.8. The van der Waals surface area contributed by atoms with Crippen LogP contribution >= 0.6 is 0 Å². The van der Waals surface area contributed by atoms with E-state index in [-0.39, 0.29) is 12.3 Å². The Hall–Kier alpha value is -1.69. The van der Waals surface area contributed by atoms with Gasteiger partial charge in [0.1, 0.15) is 0 Å². The highest BCUT2D eigenvalue weighted by Crippen LogP contribution is 2.09. The summed E-state index contributed by atoms with van der Waals surface area (Å²) in [5.41, 5.74) is 5.21. The number of rotatable bonds is 6. The van der Waals surface area contributed by atoms with Crippen molar-refractivity contribution in [2.24, 2.45) is 5.73 Å². The minimum atomic E-state index is -0.594. The lowest BCUT2D eigenvalue weighted by Gasteiger charge is -2.21. The van der Waals surface area contributed by atoms with Crippen molar-refractivity contribution in [3.63, 3.8) is 0 Å². The van der Waals surface area contributed by atoms with Gasteiger partial charge in [0.05, 0.1) is 6.61 Å². The van der Waals surface area contributed by atoms with Crippen molar-refractivity contribution in [2.75, 3.05) is 24.6 Å². The van der Waals surface area contributed by atoms with E-state index in [2.05, 4.69) is 10.2 Å². The first-order valence-electron chi connectivity index (χ1n) is 5.18. The van der Waals surface area contributed by atoms with Gasteiger partial charge < -0.3 is 15.7 Å². The van der Waals surface area contributed by atoms with Gasteiger partial charge in [0.2, 0.25) is 0 Å². The second-order valence-electron chi connectivity index (χ2n) is 3.35. The number of anilines is 1. The normalized spacial score (nSPS) is 10.1. The van der Waals surface area contributed by atoms with Crippen molar-refractivity contribution in [1.29, 1.82) is 0 Å². The van der Waals surface area contributed by atoms with E-state index in [1.54, 1.807) is 6.07 Å². The summed E-state index contributed by atoms with van der Waals surface area (Å²) in [5, 5.41) is 16.5. The Kier molecular flexibility index (Phi) is 4.65. The number of primary amides is 1. The third-order valence-corrected chi connectivity index (χ3v) is 2.09. The number of nitrogens with zero attached hydrogens (tertiary/aromatic N) is 3. The quantitative estimate of drug-likeness (QED) is 0.697. The number of carbonyl (C=O) groups is 1. The SMILES string of the molecule is CCCN(CCO)c1ccc(C(N)=O)nn1. The minimum Gasteiger partial charge on any atom is -0.395 e. The fourth-order valence-electron chi connectivity index (χ4n) is 1.36. The van der Waals surface area contributed by atoms with E-state index >= 15 is 0 Å². The molecule has 0 fully saturated rings. The molecule has 1 heterocycles. The molecule has 0 aromatic carbocycles. The highest BCUT2D eigenvalue weighted by atomic mass is 16.3. The van der Waals surface area contributed by atoms with E-state index in [0.717, 1.165) is 13.0 Å². The van der Waals surface area contributed by atoms with Crippen LogP contribution in [0.4, 0.5) is 5.82 Å². The van der Waals surface area contributed by atoms with Gasteiger partial charge in [-0.25, -0.2) is 0 Å². The van der Waals surface area contributed by atoms with Crippen molar-refractivity contribution < 1.29 is 9.90 Å². The molecule has 0 spiro atoms. The topological polar surface area (TPSA) is 92.3 Å². The number of hydrogen-bond acceptors (Lipinski definition) is 5. The van der Waals surface area contributed by atoms with Crippen LogP contribution in [-0.4, -0.2) is 40.9 Å². The van der Waals surface area contributed by atoms with Gasteiger partial charge in [-0.15, -0.1) is 10.2 Å². The Bertz CT molecular complexity index is 333. The van der Waals surface area contributed by atoms with Crippen molar-refractivity contribution >= 4 is 11.7 Å². The average molecular weight is 224 g/mol. The summed E-state index contributed by atoms with van der Waals surface area (Å²) in [4.78, 5) is 12.7. The Balaban J connectivity index is 2.80. The lowest BCUT2D eigenvalue weighted by atomic mass is 10.3. The highest BCUT2D eigenvalue weighted by molar-refractivity contribution is 5.90. The summed E-state index contributed by atoms with van der Waals surface area (Å²) in [7, 11) is 0. The molecule has 0 aliphatic rings. The molecule has 0 saturated carbocycles. The van der Waals surface area contributed by atoms with Crippen LogP contribution in [0.25, 0.3) is 0 Å². The number of aliphatic hydroxyl groups is 1. The lowest BCUT2D eigenvalue weighted by Crippen LogP contribution is -2.28. The monoisotopic (exact) mass is 224 g/mol. The Labute approximate surface area is 94.1 Å². The number of nitrogens with two attached hydrogens (primary N) is 1. The number of aromatic nitrogens is 2. The Morgan fingerprint density at radius 1 is 1.44 bits per heavy atom. The number of amides is 1. The lowest BCUT2D eigenvalue weighted by molar-refractivity contribution is 0.0994. The van der Waals surface area contributed by atoms with Gasteiger partial charge in [0.25, 0.3) is 5.91 Å². The van der Waals surface area contributed by atoms with Gasteiger partial charge in [0, 0.05) is 13.1 Å². The van der Waals surface area contributed by atoms with E-state index in [1.165, 1.54) is 6.07 Å². The first-order chi connectivity index (χ1) is 7.69. The zero-order chi connectivity index (χ0) is 12.0. The third kappa shape index (κ3) is 3.16. The summed E-state index contributed by atoms with van der Waals surface area (Å²) in [6.07, 6.45) is 0.944. The maximum Gasteiger partial charge on any atom is 0.269 e. The van der Waals surface area contributed by atoms with Crippen LogP contribution in [0, 0.1) is 0 Å². The van der Waals surface area contributed by atoms with Crippen molar-refractivity contribution in [1.82, 2.24) is 10.2 Å². The molecule has 1 aromatic heterocycles. The van der Waals surface area contributed by atoms with E-state index in [4.69, 9.17) is 10.8 Å². The number of carbonyl (C=O) groups excluding carboxylic acids is 1. The number of aliphatic hydroxyl groups excluding tert-OH is 1. The standard InChI is InChI=1S/C10H16N4O2/c1-2-5-14(6-7-15)9-4-3-8(10(11)16)12-13-9/h3-4,15H,2,5-7H2,1H3,(H2,11,16). The first kappa shape index (κ1) is 12.4. The van der Waals surface area contributed by atoms with E-state index in [9.17, 15) is 4.79 Å². The van der Waals surface area contributed by atoms with Crippen LogP contribution < -0.4 is 10.6 Å². The van der Waals surface area contributed by atoms with Crippen LogP contribution in [0.3, 0.4) is 0 Å². The molecule has 0 atom stereocenters. The van der Waals surface area contributed by atoms with Gasteiger partial charge in [-0.3, -0.25) is 4.79 Å². The fraction of sp³-hybridized carbons (Fsp3) is 0.500. The predicted molar refractivity (Wildman–Crippen MR) is 60.1 cm³/mol. The number of hydrogen-bond donors (Lipinski definition) is 2. The van der Waals surface area contributed by atoms with Gasteiger partial charge >= 0.3 is 0 Å². The Morgan fingerprint density at radius 2 is 2.19 bits per heavy atom. The molecule has 3 N–H and O–H groups in total. The third-order valence-electron chi connectivity index (χ3n) is 2.09. The zero-order valence-corrected chi connectivity index (χ0v) is 9.26. The maximum absolute atomic E-state index is 10.8. The molecule has 88 valence electrons. The summed E-state index contributed by atoms with van der Waals surface area (Å²) < 4.78 is 0. The molecule has 16 heavy (non-hydrogen) atoms. The van der Waals surface area contributed by atoms with Crippen LogP contribution in [0.5, 0.6) is 0 Å². The van der Waals surface area contributed by atoms with Crippen molar-refractivity contribution in [3.8, 4) is 0 Å². The fourth-order valence-corrected chi connectivity index (χ4v) is 1.36. The molecular weight excluding hydrogens is 208 g/mol. The molecule has 0 bridgehead atoms. The summed E-state index contributed by atoms with van der Waals surface area (Å²) in [5.74, 6) is 0.0455. The molecule has 6 heteroatoms. The molecule has 1 amide bonds. The van der Waals surface area contributed by atoms with E-state index in [0.29, 0.717) is 12.4 Å². The second-order valence-corrected chi connectivity index (χ2v) is 3.35. The summed E-state index contributed by atoms with van der Waals surface area (Å²) in [6.45, 7) is 3.37.